The summed E-state index contributed by atoms with van der Waals surface area (Å²) in [7, 11) is 0. The molecule has 0 bridgehead atoms. The number of fused-ring (bicyclic) bond motifs is 3. The van der Waals surface area contributed by atoms with Crippen LogP contribution < -0.4 is 0 Å². The molecule has 0 aliphatic rings. The van der Waals surface area contributed by atoms with Gasteiger partial charge in [-0.2, -0.15) is 0 Å². The van der Waals surface area contributed by atoms with Gasteiger partial charge < -0.3 is 0 Å². The lowest BCUT2D eigenvalue weighted by Gasteiger charge is -2.15. The van der Waals surface area contributed by atoms with Crippen LogP contribution in [0.3, 0.4) is 0 Å². The molecule has 2 aromatic heterocycles. The molecule has 11 rings (SSSR count). The van der Waals surface area contributed by atoms with E-state index in [9.17, 15) is 0 Å². The fourth-order valence-electron chi connectivity index (χ4n) is 8.15. The number of benzene rings is 9. The van der Waals surface area contributed by atoms with Crippen LogP contribution in [0, 0.1) is 0 Å². The molecule has 0 radical (unpaired) electrons. The Labute approximate surface area is 311 Å². The summed E-state index contributed by atoms with van der Waals surface area (Å²) in [5.41, 5.74) is 7.26. The summed E-state index contributed by atoms with van der Waals surface area (Å²) in [5, 5.41) is 12.3. The van der Waals surface area contributed by atoms with Crippen molar-refractivity contribution in [1.29, 1.82) is 0 Å². The molecule has 0 spiro atoms. The van der Waals surface area contributed by atoms with Crippen LogP contribution in [0.1, 0.15) is 0 Å². The Morgan fingerprint density at radius 3 is 1.72 bits per heavy atom. The quantitative estimate of drug-likeness (QED) is 0.169. The molecule has 0 atom stereocenters. The second-order valence-electron chi connectivity index (χ2n) is 13.9. The van der Waals surface area contributed by atoms with Gasteiger partial charge in [-0.3, -0.25) is 4.98 Å². The molecule has 250 valence electrons. The standard InChI is InChI=1S/C50H30N4/c1-2-14-40-37(8-1)29-45(42-16-4-3-15-41(40)42)31-17-21-35(22-18-31)48-52-49(38-12-6-11-36(28-38)39-13-7-27-51-30-39)54-50(53-48)44-26-24-34-20-19-32-9-5-10-33-23-25-43(44)47(34)46(32)33/h1-30H. The smallest absolute Gasteiger partial charge is 0.164 e. The zero-order chi connectivity index (χ0) is 35.6. The molecule has 0 amide bonds. The Morgan fingerprint density at radius 1 is 0.296 bits per heavy atom. The van der Waals surface area contributed by atoms with Crippen LogP contribution >= 0.6 is 0 Å². The van der Waals surface area contributed by atoms with Gasteiger partial charge in [0, 0.05) is 34.6 Å². The van der Waals surface area contributed by atoms with Gasteiger partial charge in [0.25, 0.3) is 0 Å². The van der Waals surface area contributed by atoms with Crippen LogP contribution in [0.5, 0.6) is 0 Å². The number of nitrogens with zero attached hydrogens (tertiary/aromatic N) is 4. The van der Waals surface area contributed by atoms with E-state index in [4.69, 9.17) is 15.0 Å². The molecule has 0 fully saturated rings. The molecule has 4 nitrogen and oxygen atoms in total. The number of rotatable bonds is 5. The third kappa shape index (κ3) is 4.92. The predicted octanol–water partition coefficient (Wildman–Crippen LogP) is 12.8. The minimum absolute atomic E-state index is 0.621. The van der Waals surface area contributed by atoms with Gasteiger partial charge in [0.15, 0.2) is 17.5 Å². The molecule has 0 aliphatic heterocycles. The summed E-state index contributed by atoms with van der Waals surface area (Å²) in [5.74, 6) is 1.89. The Kier molecular flexibility index (Phi) is 6.82. The third-order valence-corrected chi connectivity index (χ3v) is 10.7. The minimum atomic E-state index is 0.621. The van der Waals surface area contributed by atoms with Gasteiger partial charge in [0.2, 0.25) is 0 Å². The molecule has 54 heavy (non-hydrogen) atoms. The zero-order valence-electron chi connectivity index (χ0n) is 29.1. The molecule has 0 N–H and O–H groups in total. The summed E-state index contributed by atoms with van der Waals surface area (Å²) >= 11 is 0. The van der Waals surface area contributed by atoms with E-state index in [-0.39, 0.29) is 0 Å². The van der Waals surface area contributed by atoms with E-state index >= 15 is 0 Å². The summed E-state index contributed by atoms with van der Waals surface area (Å²) in [6.45, 7) is 0. The lowest BCUT2D eigenvalue weighted by atomic mass is 9.92. The average Bonchev–Trinajstić information content (AvgIpc) is 3.25. The molecule has 0 saturated heterocycles. The normalized spacial score (nSPS) is 11.7. The summed E-state index contributed by atoms with van der Waals surface area (Å²) in [6.07, 6.45) is 3.68. The van der Waals surface area contributed by atoms with Gasteiger partial charge in [0.1, 0.15) is 0 Å². The predicted molar refractivity (Wildman–Crippen MR) is 224 cm³/mol. The van der Waals surface area contributed by atoms with Gasteiger partial charge in [-0.15, -0.1) is 0 Å². The Hall–Kier alpha value is -7.30. The second-order valence-corrected chi connectivity index (χ2v) is 13.9. The van der Waals surface area contributed by atoms with Gasteiger partial charge in [-0.1, -0.05) is 146 Å². The van der Waals surface area contributed by atoms with Crippen molar-refractivity contribution in [3.8, 4) is 56.4 Å². The van der Waals surface area contributed by atoms with E-state index in [1.807, 2.05) is 12.3 Å². The Bertz CT molecular complexity index is 3190. The topological polar surface area (TPSA) is 51.6 Å². The monoisotopic (exact) mass is 686 g/mol. The summed E-state index contributed by atoms with van der Waals surface area (Å²) < 4.78 is 0. The van der Waals surface area contributed by atoms with Crippen LogP contribution in [-0.2, 0) is 0 Å². The van der Waals surface area contributed by atoms with Gasteiger partial charge in [0.05, 0.1) is 0 Å². The highest BCUT2D eigenvalue weighted by molar-refractivity contribution is 6.25. The van der Waals surface area contributed by atoms with E-state index in [2.05, 4.69) is 169 Å². The first-order valence-corrected chi connectivity index (χ1v) is 18.2. The average molecular weight is 687 g/mol. The van der Waals surface area contributed by atoms with E-state index in [1.165, 1.54) is 54.0 Å². The van der Waals surface area contributed by atoms with Crippen LogP contribution in [0.2, 0.25) is 0 Å². The van der Waals surface area contributed by atoms with Crippen molar-refractivity contribution in [1.82, 2.24) is 19.9 Å². The van der Waals surface area contributed by atoms with Crippen molar-refractivity contribution in [2.45, 2.75) is 0 Å². The lowest BCUT2D eigenvalue weighted by molar-refractivity contribution is 1.08. The van der Waals surface area contributed by atoms with Crippen molar-refractivity contribution >= 4 is 53.9 Å². The van der Waals surface area contributed by atoms with Crippen LogP contribution in [0.15, 0.2) is 182 Å². The molecule has 0 unspecified atom stereocenters. The maximum Gasteiger partial charge on any atom is 0.164 e. The SMILES string of the molecule is c1cncc(-c2cccc(-c3nc(-c4ccc(-c5cc6ccccc6c6ccccc56)cc4)nc(-c4ccc5ccc6cccc7ccc4c5c67)n3)c2)c1. The molecule has 4 heteroatoms. The van der Waals surface area contributed by atoms with Gasteiger partial charge >= 0.3 is 0 Å². The fourth-order valence-corrected chi connectivity index (χ4v) is 8.15. The largest absolute Gasteiger partial charge is 0.264 e. The molecule has 11 aromatic rings. The number of hydrogen-bond donors (Lipinski definition) is 0. The Morgan fingerprint density at radius 2 is 0.907 bits per heavy atom. The third-order valence-electron chi connectivity index (χ3n) is 10.7. The van der Waals surface area contributed by atoms with E-state index < -0.39 is 0 Å². The van der Waals surface area contributed by atoms with Crippen molar-refractivity contribution in [3.63, 3.8) is 0 Å². The van der Waals surface area contributed by atoms with Crippen molar-refractivity contribution in [3.05, 3.63) is 182 Å². The van der Waals surface area contributed by atoms with Crippen LogP contribution in [0.4, 0.5) is 0 Å². The van der Waals surface area contributed by atoms with Gasteiger partial charge in [-0.25, -0.2) is 15.0 Å². The van der Waals surface area contributed by atoms with Crippen molar-refractivity contribution < 1.29 is 0 Å². The lowest BCUT2D eigenvalue weighted by Crippen LogP contribution is -2.01. The van der Waals surface area contributed by atoms with Crippen molar-refractivity contribution in [2.24, 2.45) is 0 Å². The molecular weight excluding hydrogens is 657 g/mol. The second kappa shape index (κ2) is 12.1. The molecule has 0 aliphatic carbocycles. The van der Waals surface area contributed by atoms with Gasteiger partial charge in [-0.05, 0) is 94.8 Å². The zero-order valence-corrected chi connectivity index (χ0v) is 29.1. The highest BCUT2D eigenvalue weighted by atomic mass is 15.0. The first-order valence-electron chi connectivity index (χ1n) is 18.2. The number of aromatic nitrogens is 4. The Balaban J connectivity index is 1.10. The first-order chi connectivity index (χ1) is 26.7. The molecule has 9 aromatic carbocycles. The highest BCUT2D eigenvalue weighted by Crippen LogP contribution is 2.40. The maximum atomic E-state index is 5.22. The molecule has 2 heterocycles. The van der Waals surface area contributed by atoms with E-state index in [1.54, 1.807) is 6.20 Å². The van der Waals surface area contributed by atoms with Crippen LogP contribution in [-0.4, -0.2) is 19.9 Å². The number of hydrogen-bond acceptors (Lipinski definition) is 4. The summed E-state index contributed by atoms with van der Waals surface area (Å²) in [6, 6.07) is 60.3. The maximum absolute atomic E-state index is 5.22. The minimum Gasteiger partial charge on any atom is -0.264 e. The first kappa shape index (κ1) is 30.3. The number of pyridine rings is 1. The molecular formula is C50H30N4. The van der Waals surface area contributed by atoms with Crippen molar-refractivity contribution in [2.75, 3.05) is 0 Å². The highest BCUT2D eigenvalue weighted by Gasteiger charge is 2.18. The summed E-state index contributed by atoms with van der Waals surface area (Å²) in [4.78, 5) is 19.9. The van der Waals surface area contributed by atoms with Crippen LogP contribution in [0.25, 0.3) is 110 Å². The fraction of sp³-hybridized carbons (Fsp3) is 0. The van der Waals surface area contributed by atoms with E-state index in [0.717, 1.165) is 38.8 Å². The van der Waals surface area contributed by atoms with E-state index in [0.29, 0.717) is 17.5 Å². The molecule has 0 saturated carbocycles.